The fourth-order valence-corrected chi connectivity index (χ4v) is 1.29. The summed E-state index contributed by atoms with van der Waals surface area (Å²) in [5.41, 5.74) is 3.44. The van der Waals surface area contributed by atoms with Crippen molar-refractivity contribution in [2.75, 3.05) is 27.2 Å². The number of hydrogen-bond acceptors (Lipinski definition) is 2. The average molecular weight is 204 g/mol. The average Bonchev–Trinajstić information content (AvgIpc) is 2.18. The summed E-state index contributed by atoms with van der Waals surface area (Å²) in [7, 11) is 4.13. The number of likely N-dealkylation sites (N-methyl/N-ethyl adjacent to an activating group) is 1. The lowest BCUT2D eigenvalue weighted by Crippen LogP contribution is -2.25. The lowest BCUT2D eigenvalue weighted by atomic mass is 10.1. The van der Waals surface area contributed by atoms with Gasteiger partial charge < -0.3 is 10.2 Å². The van der Waals surface area contributed by atoms with Crippen LogP contribution in [0.5, 0.6) is 0 Å². The molecule has 0 radical (unpaired) electrons. The van der Waals surface area contributed by atoms with Crippen LogP contribution < -0.4 is 5.32 Å². The Morgan fingerprint density at radius 3 is 2.40 bits per heavy atom. The van der Waals surface area contributed by atoms with E-state index >= 15 is 0 Å². The highest BCUT2D eigenvalue weighted by Crippen LogP contribution is 2.09. The number of nitrogens with one attached hydrogen (secondary N) is 1. The number of aryl methyl sites for hydroxylation is 1. The first kappa shape index (κ1) is 11.8. The molecule has 2 heteroatoms. The van der Waals surface area contributed by atoms with Crippen molar-refractivity contribution in [2.24, 2.45) is 0 Å². The van der Waals surface area contributed by atoms with Crippen LogP contribution in [-0.4, -0.2) is 32.1 Å². The summed E-state index contributed by atoms with van der Waals surface area (Å²) in [6, 6.07) is 8.41. The highest BCUT2D eigenvalue weighted by atomic mass is 15.1. The van der Waals surface area contributed by atoms with Crippen LogP contribution in [0.25, 0.3) is 5.70 Å². The first-order chi connectivity index (χ1) is 7.09. The molecule has 1 rings (SSSR count). The zero-order chi connectivity index (χ0) is 11.3. The van der Waals surface area contributed by atoms with Crippen molar-refractivity contribution in [3.8, 4) is 0 Å². The highest BCUT2D eigenvalue weighted by Gasteiger charge is 1.97. The van der Waals surface area contributed by atoms with Crippen LogP contribution in [0.2, 0.25) is 0 Å². The summed E-state index contributed by atoms with van der Waals surface area (Å²) in [5, 5.41) is 3.31. The second-order valence-corrected chi connectivity index (χ2v) is 4.07. The molecule has 1 aromatic rings. The smallest absolute Gasteiger partial charge is 0.0341 e. The Morgan fingerprint density at radius 2 is 1.87 bits per heavy atom. The molecule has 0 bridgehead atoms. The lowest BCUT2D eigenvalue weighted by molar-refractivity contribution is 0.411. The molecular formula is C13H20N2. The van der Waals surface area contributed by atoms with Gasteiger partial charge in [0.1, 0.15) is 0 Å². The van der Waals surface area contributed by atoms with Crippen molar-refractivity contribution in [1.29, 1.82) is 0 Å². The molecule has 2 nitrogen and oxygen atoms in total. The molecule has 0 amide bonds. The third kappa shape index (κ3) is 4.17. The van der Waals surface area contributed by atoms with Crippen molar-refractivity contribution in [2.45, 2.75) is 6.92 Å². The molecule has 0 saturated carbocycles. The highest BCUT2D eigenvalue weighted by molar-refractivity contribution is 5.61. The minimum Gasteiger partial charge on any atom is -0.384 e. The largest absolute Gasteiger partial charge is 0.384 e. The van der Waals surface area contributed by atoms with Crippen molar-refractivity contribution >= 4 is 5.70 Å². The van der Waals surface area contributed by atoms with Gasteiger partial charge >= 0.3 is 0 Å². The molecule has 0 aliphatic rings. The minimum absolute atomic E-state index is 0.930. The molecule has 0 atom stereocenters. The van der Waals surface area contributed by atoms with Gasteiger partial charge in [0, 0.05) is 18.8 Å². The Hall–Kier alpha value is -1.28. The predicted molar refractivity (Wildman–Crippen MR) is 66.8 cm³/mol. The van der Waals surface area contributed by atoms with Crippen molar-refractivity contribution in [3.05, 3.63) is 42.0 Å². The van der Waals surface area contributed by atoms with Gasteiger partial charge in [-0.05, 0) is 26.6 Å². The lowest BCUT2D eigenvalue weighted by Gasteiger charge is -2.13. The number of nitrogens with zero attached hydrogens (tertiary/aromatic N) is 1. The summed E-state index contributed by atoms with van der Waals surface area (Å²) in [6.45, 7) is 8.06. The topological polar surface area (TPSA) is 15.3 Å². The Bertz CT molecular complexity index is 312. The van der Waals surface area contributed by atoms with Crippen LogP contribution in [0.4, 0.5) is 0 Å². The van der Waals surface area contributed by atoms with Crippen LogP contribution >= 0.6 is 0 Å². The van der Waals surface area contributed by atoms with E-state index in [1.807, 2.05) is 0 Å². The molecular weight excluding hydrogens is 184 g/mol. The molecule has 1 aromatic carbocycles. The molecule has 0 spiro atoms. The first-order valence-electron chi connectivity index (χ1n) is 5.24. The van der Waals surface area contributed by atoms with Gasteiger partial charge in [0.25, 0.3) is 0 Å². The fraction of sp³-hybridized carbons (Fsp3) is 0.385. The second kappa shape index (κ2) is 5.56. The number of benzene rings is 1. The van der Waals surface area contributed by atoms with Gasteiger partial charge in [-0.3, -0.25) is 0 Å². The second-order valence-electron chi connectivity index (χ2n) is 4.07. The van der Waals surface area contributed by atoms with E-state index in [1.54, 1.807) is 0 Å². The van der Waals surface area contributed by atoms with Crippen molar-refractivity contribution < 1.29 is 0 Å². The molecule has 15 heavy (non-hydrogen) atoms. The summed E-state index contributed by atoms with van der Waals surface area (Å²) in [6.07, 6.45) is 0. The van der Waals surface area contributed by atoms with Crippen LogP contribution in [0.3, 0.4) is 0 Å². The van der Waals surface area contributed by atoms with Gasteiger partial charge in [0.2, 0.25) is 0 Å². The molecule has 82 valence electrons. The van der Waals surface area contributed by atoms with Gasteiger partial charge in [0.05, 0.1) is 0 Å². The Labute approximate surface area is 92.6 Å². The van der Waals surface area contributed by atoms with Crippen LogP contribution in [0, 0.1) is 6.92 Å². The van der Waals surface area contributed by atoms with E-state index in [0.29, 0.717) is 0 Å². The van der Waals surface area contributed by atoms with Crippen molar-refractivity contribution in [3.63, 3.8) is 0 Å². The van der Waals surface area contributed by atoms with Crippen LogP contribution in [0.15, 0.2) is 30.8 Å². The monoisotopic (exact) mass is 204 g/mol. The van der Waals surface area contributed by atoms with E-state index < -0.39 is 0 Å². The van der Waals surface area contributed by atoms with E-state index in [4.69, 9.17) is 0 Å². The molecule has 0 aliphatic heterocycles. The quantitative estimate of drug-likeness (QED) is 0.790. The van der Waals surface area contributed by atoms with E-state index in [1.165, 1.54) is 11.1 Å². The Kier molecular flexibility index (Phi) is 4.37. The summed E-state index contributed by atoms with van der Waals surface area (Å²) in [5.74, 6) is 0. The first-order valence-corrected chi connectivity index (χ1v) is 5.24. The maximum Gasteiger partial charge on any atom is 0.0341 e. The molecule has 0 aromatic heterocycles. The van der Waals surface area contributed by atoms with Crippen LogP contribution in [-0.2, 0) is 0 Å². The van der Waals surface area contributed by atoms with Gasteiger partial charge in [-0.15, -0.1) is 0 Å². The maximum absolute atomic E-state index is 4.02. The summed E-state index contributed by atoms with van der Waals surface area (Å²) in [4.78, 5) is 2.15. The SMILES string of the molecule is C=C(NCCN(C)C)c1ccc(C)cc1. The summed E-state index contributed by atoms with van der Waals surface area (Å²) >= 11 is 0. The molecule has 0 unspecified atom stereocenters. The molecule has 0 saturated heterocycles. The van der Waals surface area contributed by atoms with Gasteiger partial charge in [-0.2, -0.15) is 0 Å². The fourth-order valence-electron chi connectivity index (χ4n) is 1.29. The number of hydrogen-bond donors (Lipinski definition) is 1. The zero-order valence-electron chi connectivity index (χ0n) is 9.88. The summed E-state index contributed by atoms with van der Waals surface area (Å²) < 4.78 is 0. The van der Waals surface area contributed by atoms with E-state index in [9.17, 15) is 0 Å². The third-order valence-corrected chi connectivity index (χ3v) is 2.30. The predicted octanol–water partition coefficient (Wildman–Crippen LogP) is 2.12. The minimum atomic E-state index is 0.930. The van der Waals surface area contributed by atoms with Gasteiger partial charge in [-0.25, -0.2) is 0 Å². The third-order valence-electron chi connectivity index (χ3n) is 2.30. The maximum atomic E-state index is 4.02. The van der Waals surface area contributed by atoms with E-state index in [-0.39, 0.29) is 0 Å². The van der Waals surface area contributed by atoms with Gasteiger partial charge in [-0.1, -0.05) is 36.4 Å². The molecule has 0 fully saturated rings. The van der Waals surface area contributed by atoms with E-state index in [0.717, 1.165) is 18.8 Å². The molecule has 1 N–H and O–H groups in total. The standard InChI is InChI=1S/C13H20N2/c1-11-5-7-13(8-6-11)12(2)14-9-10-15(3)4/h5-8,14H,2,9-10H2,1,3-4H3. The van der Waals surface area contributed by atoms with Crippen molar-refractivity contribution in [1.82, 2.24) is 10.2 Å². The Balaban J connectivity index is 2.43. The zero-order valence-corrected chi connectivity index (χ0v) is 9.88. The molecule has 0 aliphatic carbocycles. The van der Waals surface area contributed by atoms with E-state index in [2.05, 4.69) is 62.1 Å². The van der Waals surface area contributed by atoms with Gasteiger partial charge in [0.15, 0.2) is 0 Å². The Morgan fingerprint density at radius 1 is 1.27 bits per heavy atom. The molecule has 0 heterocycles. The number of rotatable bonds is 5. The normalized spacial score (nSPS) is 10.4. The van der Waals surface area contributed by atoms with Crippen LogP contribution in [0.1, 0.15) is 11.1 Å².